The van der Waals surface area contributed by atoms with Gasteiger partial charge in [-0.1, -0.05) is 0 Å². The molecule has 12 heteroatoms. The molecule has 1 aromatic carbocycles. The number of anilines is 1. The van der Waals surface area contributed by atoms with Crippen molar-refractivity contribution in [1.29, 1.82) is 0 Å². The first-order valence-corrected chi connectivity index (χ1v) is 10.1. The van der Waals surface area contributed by atoms with Crippen LogP contribution in [0.3, 0.4) is 0 Å². The first-order valence-electron chi connectivity index (χ1n) is 9.28. The number of hydrogen-bond acceptors (Lipinski definition) is 8. The van der Waals surface area contributed by atoms with E-state index in [2.05, 4.69) is 10.6 Å². The van der Waals surface area contributed by atoms with Gasteiger partial charge >= 0.3 is 17.8 Å². The highest BCUT2D eigenvalue weighted by atomic mass is 32.1. The van der Waals surface area contributed by atoms with E-state index in [0.717, 1.165) is 11.3 Å². The van der Waals surface area contributed by atoms with Crippen molar-refractivity contribution in [2.45, 2.75) is 19.1 Å². The second-order valence-electron chi connectivity index (χ2n) is 6.72. The Kier molecular flexibility index (Phi) is 6.95. The van der Waals surface area contributed by atoms with Gasteiger partial charge in [-0.2, -0.15) is 0 Å². The van der Waals surface area contributed by atoms with Gasteiger partial charge in [0.15, 0.2) is 0 Å². The van der Waals surface area contributed by atoms with Gasteiger partial charge in [0, 0.05) is 29.5 Å². The lowest BCUT2D eigenvalue weighted by molar-refractivity contribution is -0.147. The second kappa shape index (κ2) is 9.66. The third-order valence-electron chi connectivity index (χ3n) is 4.71. The maximum Gasteiger partial charge on any atom is 0.394 e. The number of rotatable bonds is 7. The van der Waals surface area contributed by atoms with E-state index in [0.29, 0.717) is 27.5 Å². The number of aliphatic carboxylic acids is 1. The number of carbonyl (C=O) groups is 4. The molecule has 1 aliphatic heterocycles. The Labute approximate surface area is 185 Å². The molecule has 1 atom stereocenters. The van der Waals surface area contributed by atoms with E-state index in [9.17, 15) is 24.3 Å². The summed E-state index contributed by atoms with van der Waals surface area (Å²) in [5.74, 6) is -3.84. The molecule has 1 unspecified atom stereocenters. The standard InChI is InChI=1S/C20H20N2O9S/c1-29-10-3-9(4-11(5-10)30-2)16(23)21-7-12-6-13-14(8-31-12)32-18(15(13)19(25)26)22-17(24)20(27)28/h3-5,12H,6-8H2,1-2H3,(H,21,23)(H,22,24)(H,25,26)(H,27,28). The first-order chi connectivity index (χ1) is 15.2. The minimum atomic E-state index is -1.72. The van der Waals surface area contributed by atoms with Crippen molar-refractivity contribution >= 4 is 40.1 Å². The zero-order valence-corrected chi connectivity index (χ0v) is 17.9. The number of carboxylic acid groups (broad SMARTS) is 2. The van der Waals surface area contributed by atoms with Crippen LogP contribution in [-0.2, 0) is 27.4 Å². The van der Waals surface area contributed by atoms with Gasteiger partial charge in [0.1, 0.15) is 16.5 Å². The van der Waals surface area contributed by atoms with E-state index in [1.807, 2.05) is 0 Å². The number of carbonyl (C=O) groups excluding carboxylic acids is 2. The Balaban J connectivity index is 1.72. The van der Waals surface area contributed by atoms with Crippen molar-refractivity contribution in [3.63, 3.8) is 0 Å². The van der Waals surface area contributed by atoms with E-state index in [1.54, 1.807) is 18.2 Å². The number of thiophene rings is 1. The van der Waals surface area contributed by atoms with Gasteiger partial charge in [-0.15, -0.1) is 11.3 Å². The van der Waals surface area contributed by atoms with Crippen LogP contribution >= 0.6 is 11.3 Å². The van der Waals surface area contributed by atoms with Crippen molar-refractivity contribution in [3.05, 3.63) is 39.8 Å². The lowest BCUT2D eigenvalue weighted by atomic mass is 10.0. The molecular formula is C20H20N2O9S. The summed E-state index contributed by atoms with van der Waals surface area (Å²) in [7, 11) is 2.94. The number of ether oxygens (including phenoxy) is 3. The van der Waals surface area contributed by atoms with Gasteiger partial charge in [-0.25, -0.2) is 9.59 Å². The fraction of sp³-hybridized carbons (Fsp3) is 0.300. The summed E-state index contributed by atoms with van der Waals surface area (Å²) in [6.07, 6.45) is -0.354. The Morgan fingerprint density at radius 1 is 1.12 bits per heavy atom. The van der Waals surface area contributed by atoms with Crippen LogP contribution in [0.5, 0.6) is 11.5 Å². The minimum absolute atomic E-state index is 0.0633. The number of aromatic carboxylic acids is 1. The number of methoxy groups -OCH3 is 2. The number of nitrogens with one attached hydrogen (secondary N) is 2. The van der Waals surface area contributed by atoms with Crippen molar-refractivity contribution in [2.75, 3.05) is 26.1 Å². The molecule has 0 saturated heterocycles. The monoisotopic (exact) mass is 464 g/mol. The van der Waals surface area contributed by atoms with Crippen LogP contribution in [0.25, 0.3) is 0 Å². The summed E-state index contributed by atoms with van der Waals surface area (Å²) in [6, 6.07) is 4.74. The fourth-order valence-electron chi connectivity index (χ4n) is 3.17. The Morgan fingerprint density at radius 2 is 1.78 bits per heavy atom. The molecule has 1 aromatic heterocycles. The van der Waals surface area contributed by atoms with Gasteiger partial charge < -0.3 is 35.1 Å². The maximum absolute atomic E-state index is 12.6. The van der Waals surface area contributed by atoms with E-state index in [1.165, 1.54) is 14.2 Å². The predicted octanol–water partition coefficient (Wildman–Crippen LogP) is 1.36. The Bertz CT molecular complexity index is 1060. The van der Waals surface area contributed by atoms with Crippen molar-refractivity contribution in [1.82, 2.24) is 5.32 Å². The second-order valence-corrected chi connectivity index (χ2v) is 7.83. The van der Waals surface area contributed by atoms with Crippen molar-refractivity contribution in [2.24, 2.45) is 0 Å². The minimum Gasteiger partial charge on any atom is -0.497 e. The largest absolute Gasteiger partial charge is 0.497 e. The predicted molar refractivity (Wildman–Crippen MR) is 112 cm³/mol. The van der Waals surface area contributed by atoms with Gasteiger partial charge in [-0.05, 0) is 17.7 Å². The average Bonchev–Trinajstić information content (AvgIpc) is 3.13. The lowest BCUT2D eigenvalue weighted by Crippen LogP contribution is -2.36. The van der Waals surface area contributed by atoms with E-state index >= 15 is 0 Å². The van der Waals surface area contributed by atoms with E-state index < -0.39 is 29.9 Å². The van der Waals surface area contributed by atoms with E-state index in [-0.39, 0.29) is 30.1 Å². The SMILES string of the molecule is COc1cc(OC)cc(C(=O)NCC2Cc3c(sc(NC(=O)C(=O)O)c3C(=O)O)CO2)c1. The molecular weight excluding hydrogens is 444 g/mol. The maximum atomic E-state index is 12.6. The number of hydrogen-bond donors (Lipinski definition) is 4. The molecule has 0 bridgehead atoms. The van der Waals surface area contributed by atoms with Crippen LogP contribution in [-0.4, -0.2) is 60.8 Å². The highest BCUT2D eigenvalue weighted by Gasteiger charge is 2.31. The van der Waals surface area contributed by atoms with Gasteiger partial charge in [0.05, 0.1) is 32.5 Å². The summed E-state index contributed by atoms with van der Waals surface area (Å²) in [5, 5.41) is 23.1. The van der Waals surface area contributed by atoms with Gasteiger partial charge in [-0.3, -0.25) is 9.59 Å². The number of fused-ring (bicyclic) bond motifs is 1. The quantitative estimate of drug-likeness (QED) is 0.444. The smallest absolute Gasteiger partial charge is 0.394 e. The van der Waals surface area contributed by atoms with E-state index in [4.69, 9.17) is 19.3 Å². The molecule has 2 heterocycles. The summed E-state index contributed by atoms with van der Waals surface area (Å²) in [4.78, 5) is 47.2. The first kappa shape index (κ1) is 23.0. The number of benzene rings is 1. The van der Waals surface area contributed by atoms with Crippen LogP contribution in [0.1, 0.15) is 31.2 Å². The Morgan fingerprint density at radius 3 is 2.34 bits per heavy atom. The number of amides is 2. The third-order valence-corrected chi connectivity index (χ3v) is 5.83. The molecule has 0 spiro atoms. The average molecular weight is 464 g/mol. The zero-order chi connectivity index (χ0) is 23.4. The van der Waals surface area contributed by atoms with Crippen LogP contribution in [0.2, 0.25) is 0 Å². The van der Waals surface area contributed by atoms with Crippen LogP contribution in [0.15, 0.2) is 18.2 Å². The van der Waals surface area contributed by atoms with Crippen molar-refractivity contribution in [3.8, 4) is 11.5 Å². The highest BCUT2D eigenvalue weighted by molar-refractivity contribution is 7.17. The van der Waals surface area contributed by atoms with Crippen LogP contribution in [0, 0.1) is 0 Å². The number of carboxylic acids is 2. The van der Waals surface area contributed by atoms with Crippen molar-refractivity contribution < 1.29 is 43.6 Å². The molecule has 1 aliphatic rings. The molecule has 170 valence electrons. The zero-order valence-electron chi connectivity index (χ0n) is 17.1. The normalized spacial score (nSPS) is 14.8. The lowest BCUT2D eigenvalue weighted by Gasteiger charge is -2.23. The summed E-state index contributed by atoms with van der Waals surface area (Å²) >= 11 is 0.951. The molecule has 0 fully saturated rings. The Hall–Kier alpha value is -3.64. The van der Waals surface area contributed by atoms with Crippen LogP contribution < -0.4 is 20.1 Å². The third kappa shape index (κ3) is 4.98. The summed E-state index contributed by atoms with van der Waals surface area (Å²) in [5.41, 5.74) is 0.589. The molecule has 2 amide bonds. The molecule has 0 radical (unpaired) electrons. The molecule has 4 N–H and O–H groups in total. The summed E-state index contributed by atoms with van der Waals surface area (Å²) < 4.78 is 16.0. The summed E-state index contributed by atoms with van der Waals surface area (Å²) in [6.45, 7) is 0.167. The molecule has 3 rings (SSSR count). The van der Waals surface area contributed by atoms with Gasteiger partial charge in [0.25, 0.3) is 5.91 Å². The highest BCUT2D eigenvalue weighted by Crippen LogP contribution is 2.37. The van der Waals surface area contributed by atoms with Crippen LogP contribution in [0.4, 0.5) is 5.00 Å². The van der Waals surface area contributed by atoms with Gasteiger partial charge in [0.2, 0.25) is 0 Å². The fourth-order valence-corrected chi connectivity index (χ4v) is 4.31. The molecule has 32 heavy (non-hydrogen) atoms. The molecule has 0 saturated carbocycles. The molecule has 2 aromatic rings. The molecule has 11 nitrogen and oxygen atoms in total. The topological polar surface area (TPSA) is 160 Å². The molecule has 0 aliphatic carbocycles.